The van der Waals surface area contributed by atoms with E-state index in [1.54, 1.807) is 6.07 Å². The molecule has 3 aromatic rings. The Morgan fingerprint density at radius 2 is 1.65 bits per heavy atom. The molecule has 4 nitrogen and oxygen atoms in total. The van der Waals surface area contributed by atoms with Gasteiger partial charge in [0.25, 0.3) is 0 Å². The molecule has 2 aliphatic rings. The Balaban J connectivity index is 1.62. The van der Waals surface area contributed by atoms with E-state index >= 15 is 0 Å². The zero-order valence-corrected chi connectivity index (χ0v) is 19.1. The monoisotopic (exact) mass is 464 g/mol. The molecule has 1 atom stereocenters. The molecule has 1 unspecified atom stereocenters. The van der Waals surface area contributed by atoms with Gasteiger partial charge in [-0.2, -0.15) is 13.2 Å². The van der Waals surface area contributed by atoms with Crippen molar-refractivity contribution in [2.75, 3.05) is 11.9 Å². The third-order valence-electron chi connectivity index (χ3n) is 6.76. The minimum absolute atomic E-state index is 0.00197. The molecule has 2 heterocycles. The van der Waals surface area contributed by atoms with E-state index in [2.05, 4.69) is 28.3 Å². The van der Waals surface area contributed by atoms with Crippen molar-refractivity contribution in [3.8, 4) is 11.4 Å². The first-order valence-electron chi connectivity index (χ1n) is 11.9. The Morgan fingerprint density at radius 3 is 2.44 bits per heavy atom. The molecule has 34 heavy (non-hydrogen) atoms. The van der Waals surface area contributed by atoms with E-state index in [1.807, 2.05) is 18.2 Å². The van der Waals surface area contributed by atoms with Gasteiger partial charge in [0.15, 0.2) is 5.82 Å². The third kappa shape index (κ3) is 4.31. The molecule has 1 aliphatic carbocycles. The summed E-state index contributed by atoms with van der Waals surface area (Å²) in [5.74, 6) is 1.76. The molecule has 0 fully saturated rings. The van der Waals surface area contributed by atoms with Gasteiger partial charge in [-0.25, -0.2) is 9.97 Å². The van der Waals surface area contributed by atoms with Gasteiger partial charge in [0.05, 0.1) is 5.56 Å². The van der Waals surface area contributed by atoms with Crippen LogP contribution in [-0.4, -0.2) is 22.3 Å². The maximum absolute atomic E-state index is 13.8. The number of hydrogen-bond acceptors (Lipinski definition) is 4. The molecule has 1 aromatic heterocycles. The Labute approximate surface area is 197 Å². The van der Waals surface area contributed by atoms with Crippen LogP contribution in [0.1, 0.15) is 66.5 Å². The number of aryl methyl sites for hydroxylation is 1. The summed E-state index contributed by atoms with van der Waals surface area (Å²) in [4.78, 5) is 14.1. The molecule has 2 aromatic carbocycles. The van der Waals surface area contributed by atoms with Crippen LogP contribution in [0.15, 0.2) is 53.5 Å². The normalized spacial score (nSPS) is 17.9. The highest BCUT2D eigenvalue weighted by atomic mass is 19.4. The lowest BCUT2D eigenvalue weighted by atomic mass is 9.89. The summed E-state index contributed by atoms with van der Waals surface area (Å²) in [5.41, 5.74) is 3.37. The summed E-state index contributed by atoms with van der Waals surface area (Å²) in [5, 5.41) is 3.42. The van der Waals surface area contributed by atoms with Gasteiger partial charge in [0.1, 0.15) is 11.7 Å². The molecule has 7 heteroatoms. The zero-order chi connectivity index (χ0) is 23.7. The molecule has 0 bridgehead atoms. The number of halogens is 3. The molecular weight excluding hydrogens is 437 g/mol. The topological polar surface area (TPSA) is 50.2 Å². The summed E-state index contributed by atoms with van der Waals surface area (Å²) in [6, 6.07) is 13.7. The summed E-state index contributed by atoms with van der Waals surface area (Å²) in [6.07, 6.45) is 1.07. The maximum Gasteiger partial charge on any atom is 0.417 e. The van der Waals surface area contributed by atoms with Crippen molar-refractivity contribution in [1.82, 2.24) is 9.97 Å². The van der Waals surface area contributed by atoms with Crippen molar-refractivity contribution in [2.24, 2.45) is 4.99 Å². The first-order valence-corrected chi connectivity index (χ1v) is 11.9. The average Bonchev–Trinajstić information content (AvgIpc) is 3.09. The number of rotatable bonds is 3. The van der Waals surface area contributed by atoms with Gasteiger partial charge in [-0.05, 0) is 43.7 Å². The lowest BCUT2D eigenvalue weighted by Gasteiger charge is -2.25. The minimum Gasteiger partial charge on any atom is -0.324 e. The van der Waals surface area contributed by atoms with Crippen molar-refractivity contribution < 1.29 is 13.2 Å². The number of nitrogens with zero attached hydrogens (tertiary/aromatic N) is 3. The molecule has 5 rings (SSSR count). The van der Waals surface area contributed by atoms with Crippen molar-refractivity contribution >= 4 is 11.7 Å². The number of aromatic nitrogens is 2. The molecular formula is C27H27F3N4. The largest absolute Gasteiger partial charge is 0.417 e. The number of fused-ring (bicyclic) bond motifs is 2. The van der Waals surface area contributed by atoms with Gasteiger partial charge in [-0.3, -0.25) is 4.99 Å². The second-order valence-corrected chi connectivity index (χ2v) is 8.93. The van der Waals surface area contributed by atoms with Crippen LogP contribution in [0.5, 0.6) is 0 Å². The average molecular weight is 465 g/mol. The minimum atomic E-state index is -4.48. The zero-order valence-electron chi connectivity index (χ0n) is 19.1. The van der Waals surface area contributed by atoms with Crippen LogP contribution in [0, 0.1) is 0 Å². The van der Waals surface area contributed by atoms with E-state index in [9.17, 15) is 13.2 Å². The molecule has 0 saturated heterocycles. The fourth-order valence-electron chi connectivity index (χ4n) is 4.94. The standard InChI is InChI=1S/C27H27F3N4/c1-2-17-16-31-24(19-11-7-6-10-18(17)19)33-26-21-13-4-3-5-15-23(21)32-25(34-26)20-12-8-9-14-22(20)27(28,29)30/h6-12,14,17H,2-5,13,15-16H2,1H3,(H,31,32,33,34). The van der Waals surface area contributed by atoms with Gasteiger partial charge in [-0.1, -0.05) is 55.8 Å². The van der Waals surface area contributed by atoms with Gasteiger partial charge < -0.3 is 5.32 Å². The fourth-order valence-corrected chi connectivity index (χ4v) is 4.94. The van der Waals surface area contributed by atoms with Crippen molar-refractivity contribution in [3.05, 3.63) is 76.5 Å². The van der Waals surface area contributed by atoms with Gasteiger partial charge in [0.2, 0.25) is 0 Å². The van der Waals surface area contributed by atoms with E-state index < -0.39 is 11.7 Å². The highest BCUT2D eigenvalue weighted by molar-refractivity contribution is 6.10. The van der Waals surface area contributed by atoms with Crippen molar-refractivity contribution in [3.63, 3.8) is 0 Å². The Bertz CT molecular complexity index is 1230. The molecule has 0 spiro atoms. The van der Waals surface area contributed by atoms with E-state index in [0.717, 1.165) is 67.2 Å². The number of aliphatic imine (C=N–C) groups is 1. The van der Waals surface area contributed by atoms with Crippen LogP contribution in [0.3, 0.4) is 0 Å². The van der Waals surface area contributed by atoms with Crippen LogP contribution >= 0.6 is 0 Å². The summed E-state index contributed by atoms with van der Waals surface area (Å²) < 4.78 is 41.3. The number of anilines is 1. The predicted octanol–water partition coefficient (Wildman–Crippen LogP) is 6.80. The van der Waals surface area contributed by atoms with Gasteiger partial charge in [0, 0.05) is 34.8 Å². The quantitative estimate of drug-likeness (QED) is 0.434. The second-order valence-electron chi connectivity index (χ2n) is 8.93. The van der Waals surface area contributed by atoms with Crippen LogP contribution in [0.2, 0.25) is 0 Å². The van der Waals surface area contributed by atoms with E-state index in [-0.39, 0.29) is 11.4 Å². The smallest absolute Gasteiger partial charge is 0.324 e. The molecule has 1 aliphatic heterocycles. The molecule has 1 N–H and O–H groups in total. The van der Waals surface area contributed by atoms with Crippen LogP contribution in [0.25, 0.3) is 11.4 Å². The van der Waals surface area contributed by atoms with Crippen molar-refractivity contribution in [1.29, 1.82) is 0 Å². The van der Waals surface area contributed by atoms with Gasteiger partial charge >= 0.3 is 6.18 Å². The number of nitrogens with one attached hydrogen (secondary N) is 1. The van der Waals surface area contributed by atoms with Crippen LogP contribution < -0.4 is 5.32 Å². The Kier molecular flexibility index (Phi) is 6.11. The predicted molar refractivity (Wildman–Crippen MR) is 128 cm³/mol. The first-order chi connectivity index (χ1) is 16.5. The molecule has 0 amide bonds. The van der Waals surface area contributed by atoms with Gasteiger partial charge in [-0.15, -0.1) is 0 Å². The molecule has 176 valence electrons. The SMILES string of the molecule is CCC1CN=C(Nc2nc(-c3ccccc3C(F)(F)F)nc3c2CCCCC3)c2ccccc21. The maximum atomic E-state index is 13.8. The third-order valence-corrected chi connectivity index (χ3v) is 6.76. The number of benzene rings is 2. The fraction of sp³-hybridized carbons (Fsp3) is 0.370. The van der Waals surface area contributed by atoms with Crippen molar-refractivity contribution in [2.45, 2.75) is 57.5 Å². The number of alkyl halides is 3. The summed E-state index contributed by atoms with van der Waals surface area (Å²) in [6.45, 7) is 2.83. The lowest BCUT2D eigenvalue weighted by Crippen LogP contribution is -2.25. The Morgan fingerprint density at radius 1 is 0.912 bits per heavy atom. The molecule has 0 radical (unpaired) electrons. The van der Waals surface area contributed by atoms with E-state index in [1.165, 1.54) is 17.7 Å². The highest BCUT2D eigenvalue weighted by Gasteiger charge is 2.34. The molecule has 0 saturated carbocycles. The summed E-state index contributed by atoms with van der Waals surface area (Å²) >= 11 is 0. The second kappa shape index (κ2) is 9.20. The lowest BCUT2D eigenvalue weighted by molar-refractivity contribution is -0.137. The Hall–Kier alpha value is -3.22. The van der Waals surface area contributed by atoms with Crippen LogP contribution in [-0.2, 0) is 19.0 Å². The number of amidine groups is 1. The number of hydrogen-bond donors (Lipinski definition) is 1. The van der Waals surface area contributed by atoms with Crippen LogP contribution in [0.4, 0.5) is 19.0 Å². The highest BCUT2D eigenvalue weighted by Crippen LogP contribution is 2.37. The van der Waals surface area contributed by atoms with E-state index in [4.69, 9.17) is 4.99 Å². The first kappa shape index (κ1) is 22.6. The summed E-state index contributed by atoms with van der Waals surface area (Å²) in [7, 11) is 0. The van der Waals surface area contributed by atoms with E-state index in [0.29, 0.717) is 18.3 Å².